The topological polar surface area (TPSA) is 51.2 Å². The standard InChI is InChI=1S/C20H19ClN2O2S/c21-16-7-9-17(10-8-16)26-14-19(24)22-12-3-13-25-18-6-1-4-15-5-2-11-23-20(15)18/h1-2,4-11H,3,12-14H2,(H,22,24). The molecular formula is C20H19ClN2O2S. The van der Waals surface area contributed by atoms with Gasteiger partial charge in [-0.25, -0.2) is 0 Å². The minimum absolute atomic E-state index is 0.0109. The van der Waals surface area contributed by atoms with E-state index in [1.165, 1.54) is 11.8 Å². The number of fused-ring (bicyclic) bond motifs is 1. The van der Waals surface area contributed by atoms with E-state index in [0.717, 1.165) is 28.0 Å². The summed E-state index contributed by atoms with van der Waals surface area (Å²) in [5.41, 5.74) is 0.860. The number of aromatic nitrogens is 1. The first-order valence-electron chi connectivity index (χ1n) is 8.34. The van der Waals surface area contributed by atoms with Crippen LogP contribution in [0.2, 0.25) is 5.02 Å². The Hall–Kier alpha value is -2.24. The molecule has 0 atom stereocenters. The van der Waals surface area contributed by atoms with Crippen LogP contribution in [0, 0.1) is 0 Å². The third-order valence-electron chi connectivity index (χ3n) is 3.68. The summed E-state index contributed by atoms with van der Waals surface area (Å²) in [7, 11) is 0. The Labute approximate surface area is 161 Å². The van der Waals surface area contributed by atoms with Crippen molar-refractivity contribution >= 4 is 40.2 Å². The number of carbonyl (C=O) groups excluding carboxylic acids is 1. The summed E-state index contributed by atoms with van der Waals surface area (Å²) in [5.74, 6) is 1.17. The average molecular weight is 387 g/mol. The van der Waals surface area contributed by atoms with Crippen molar-refractivity contribution in [1.82, 2.24) is 10.3 Å². The van der Waals surface area contributed by atoms with E-state index in [1.807, 2.05) is 54.6 Å². The van der Waals surface area contributed by atoms with Crippen molar-refractivity contribution in [3.05, 3.63) is 65.8 Å². The summed E-state index contributed by atoms with van der Waals surface area (Å²) in [6, 6.07) is 17.2. The molecular weight excluding hydrogens is 368 g/mol. The molecule has 0 bridgehead atoms. The van der Waals surface area contributed by atoms with Crippen LogP contribution >= 0.6 is 23.4 Å². The number of thioether (sulfide) groups is 1. The van der Waals surface area contributed by atoms with E-state index in [2.05, 4.69) is 10.3 Å². The van der Waals surface area contributed by atoms with Gasteiger partial charge in [0.25, 0.3) is 0 Å². The molecule has 0 aliphatic carbocycles. The number of carbonyl (C=O) groups is 1. The van der Waals surface area contributed by atoms with Crippen molar-refractivity contribution in [2.45, 2.75) is 11.3 Å². The number of ether oxygens (including phenoxy) is 1. The van der Waals surface area contributed by atoms with Crippen molar-refractivity contribution in [1.29, 1.82) is 0 Å². The van der Waals surface area contributed by atoms with Gasteiger partial charge in [-0.2, -0.15) is 0 Å². The summed E-state index contributed by atoms with van der Waals surface area (Å²) < 4.78 is 5.81. The molecule has 1 N–H and O–H groups in total. The Morgan fingerprint density at radius 1 is 1.12 bits per heavy atom. The van der Waals surface area contributed by atoms with E-state index >= 15 is 0 Å². The summed E-state index contributed by atoms with van der Waals surface area (Å²) in [4.78, 5) is 17.3. The molecule has 6 heteroatoms. The van der Waals surface area contributed by atoms with Gasteiger partial charge in [0.15, 0.2) is 0 Å². The van der Waals surface area contributed by atoms with E-state index in [1.54, 1.807) is 6.20 Å². The maximum Gasteiger partial charge on any atom is 0.230 e. The summed E-state index contributed by atoms with van der Waals surface area (Å²) in [6.45, 7) is 1.11. The number of rotatable bonds is 8. The van der Waals surface area contributed by atoms with Crippen LogP contribution in [-0.4, -0.2) is 29.8 Å². The lowest BCUT2D eigenvalue weighted by Crippen LogP contribution is -2.27. The summed E-state index contributed by atoms with van der Waals surface area (Å²) in [5, 5.41) is 4.65. The number of amides is 1. The van der Waals surface area contributed by atoms with Gasteiger partial charge in [-0.1, -0.05) is 29.8 Å². The average Bonchev–Trinajstić information content (AvgIpc) is 2.67. The molecule has 0 spiro atoms. The zero-order chi connectivity index (χ0) is 18.2. The van der Waals surface area contributed by atoms with Crippen LogP contribution < -0.4 is 10.1 Å². The fourth-order valence-corrected chi connectivity index (χ4v) is 3.26. The summed E-state index contributed by atoms with van der Waals surface area (Å²) >= 11 is 7.33. The molecule has 0 saturated carbocycles. The van der Waals surface area contributed by atoms with Crippen molar-refractivity contribution in [3.63, 3.8) is 0 Å². The fourth-order valence-electron chi connectivity index (χ4n) is 2.41. The number of hydrogen-bond acceptors (Lipinski definition) is 4. The van der Waals surface area contributed by atoms with Gasteiger partial charge in [-0.15, -0.1) is 11.8 Å². The second-order valence-electron chi connectivity index (χ2n) is 5.63. The van der Waals surface area contributed by atoms with Gasteiger partial charge in [-0.05, 0) is 42.8 Å². The Morgan fingerprint density at radius 2 is 1.92 bits per heavy atom. The fraction of sp³-hybridized carbons (Fsp3) is 0.200. The van der Waals surface area contributed by atoms with Gasteiger partial charge >= 0.3 is 0 Å². The molecule has 1 amide bonds. The van der Waals surface area contributed by atoms with E-state index in [-0.39, 0.29) is 5.91 Å². The van der Waals surface area contributed by atoms with Gasteiger partial charge in [0.1, 0.15) is 11.3 Å². The minimum Gasteiger partial charge on any atom is -0.491 e. The van der Waals surface area contributed by atoms with Crippen LogP contribution in [0.25, 0.3) is 10.9 Å². The van der Waals surface area contributed by atoms with Crippen LogP contribution in [0.4, 0.5) is 0 Å². The van der Waals surface area contributed by atoms with Gasteiger partial charge in [0, 0.05) is 28.0 Å². The molecule has 0 unspecified atom stereocenters. The van der Waals surface area contributed by atoms with Crippen molar-refractivity contribution < 1.29 is 9.53 Å². The smallest absolute Gasteiger partial charge is 0.230 e. The minimum atomic E-state index is 0.0109. The molecule has 0 aliphatic rings. The largest absolute Gasteiger partial charge is 0.491 e. The van der Waals surface area contributed by atoms with E-state index in [4.69, 9.17) is 16.3 Å². The normalized spacial score (nSPS) is 10.7. The number of halogens is 1. The Bertz CT molecular complexity index is 866. The van der Waals surface area contributed by atoms with Gasteiger partial charge in [0.2, 0.25) is 5.91 Å². The number of benzene rings is 2. The maximum absolute atomic E-state index is 11.9. The number of pyridine rings is 1. The Kier molecular flexibility index (Phi) is 6.75. The van der Waals surface area contributed by atoms with E-state index in [0.29, 0.717) is 23.9 Å². The zero-order valence-corrected chi connectivity index (χ0v) is 15.7. The molecule has 0 aliphatic heterocycles. The first-order valence-corrected chi connectivity index (χ1v) is 9.70. The van der Waals surface area contributed by atoms with E-state index < -0.39 is 0 Å². The van der Waals surface area contributed by atoms with Crippen LogP contribution in [0.3, 0.4) is 0 Å². The van der Waals surface area contributed by atoms with Gasteiger partial charge < -0.3 is 10.1 Å². The van der Waals surface area contributed by atoms with Gasteiger partial charge in [0.05, 0.1) is 12.4 Å². The van der Waals surface area contributed by atoms with Crippen LogP contribution in [0.1, 0.15) is 6.42 Å². The molecule has 0 saturated heterocycles. The Morgan fingerprint density at radius 3 is 2.77 bits per heavy atom. The second kappa shape index (κ2) is 9.46. The van der Waals surface area contributed by atoms with Crippen LogP contribution in [0.5, 0.6) is 5.75 Å². The molecule has 1 aromatic heterocycles. The van der Waals surface area contributed by atoms with Crippen LogP contribution in [-0.2, 0) is 4.79 Å². The zero-order valence-electron chi connectivity index (χ0n) is 14.2. The molecule has 2 aromatic carbocycles. The van der Waals surface area contributed by atoms with E-state index in [9.17, 15) is 4.79 Å². The van der Waals surface area contributed by atoms with Crippen LogP contribution in [0.15, 0.2) is 65.7 Å². The van der Waals surface area contributed by atoms with Crippen molar-refractivity contribution in [2.24, 2.45) is 0 Å². The Balaban J connectivity index is 1.36. The highest BCUT2D eigenvalue weighted by atomic mass is 35.5. The third kappa shape index (κ3) is 5.38. The molecule has 4 nitrogen and oxygen atoms in total. The summed E-state index contributed by atoms with van der Waals surface area (Å²) in [6.07, 6.45) is 2.49. The maximum atomic E-state index is 11.9. The number of nitrogens with zero attached hydrogens (tertiary/aromatic N) is 1. The number of nitrogens with one attached hydrogen (secondary N) is 1. The molecule has 134 valence electrons. The highest BCUT2D eigenvalue weighted by Gasteiger charge is 2.04. The third-order valence-corrected chi connectivity index (χ3v) is 4.94. The predicted molar refractivity (Wildman–Crippen MR) is 107 cm³/mol. The lowest BCUT2D eigenvalue weighted by molar-refractivity contribution is -0.118. The molecule has 0 radical (unpaired) electrons. The van der Waals surface area contributed by atoms with Crippen molar-refractivity contribution in [3.8, 4) is 5.75 Å². The lowest BCUT2D eigenvalue weighted by atomic mass is 10.2. The quantitative estimate of drug-likeness (QED) is 0.455. The van der Waals surface area contributed by atoms with Crippen molar-refractivity contribution in [2.75, 3.05) is 18.9 Å². The second-order valence-corrected chi connectivity index (χ2v) is 7.11. The molecule has 3 rings (SSSR count). The molecule has 0 fully saturated rings. The number of hydrogen-bond donors (Lipinski definition) is 1. The van der Waals surface area contributed by atoms with Gasteiger partial charge in [-0.3, -0.25) is 9.78 Å². The lowest BCUT2D eigenvalue weighted by Gasteiger charge is -2.09. The highest BCUT2D eigenvalue weighted by Crippen LogP contribution is 2.23. The molecule has 26 heavy (non-hydrogen) atoms. The molecule has 1 heterocycles. The number of para-hydroxylation sites is 1. The first-order chi connectivity index (χ1) is 12.7. The highest BCUT2D eigenvalue weighted by molar-refractivity contribution is 8.00. The first kappa shape index (κ1) is 18.5. The predicted octanol–water partition coefficient (Wildman–Crippen LogP) is 4.57. The monoisotopic (exact) mass is 386 g/mol. The SMILES string of the molecule is O=C(CSc1ccc(Cl)cc1)NCCCOc1cccc2cccnc12. The molecule has 3 aromatic rings.